The minimum absolute atomic E-state index is 0.598. The van der Waals surface area contributed by atoms with E-state index in [0.29, 0.717) is 17.0 Å². The molecule has 0 aliphatic carbocycles. The van der Waals surface area contributed by atoms with Gasteiger partial charge in [0.15, 0.2) is 0 Å². The lowest BCUT2D eigenvalue weighted by molar-refractivity contribution is 0.492. The predicted molar refractivity (Wildman–Crippen MR) is 71.1 cm³/mol. The predicted octanol–water partition coefficient (Wildman–Crippen LogP) is 3.55. The number of hydrogen-bond acceptors (Lipinski definition) is 2. The molecule has 88 valence electrons. The van der Waals surface area contributed by atoms with Crippen LogP contribution in [0, 0.1) is 5.92 Å². The van der Waals surface area contributed by atoms with E-state index in [-0.39, 0.29) is 0 Å². The molecule has 1 aromatic carbocycles. The van der Waals surface area contributed by atoms with Crippen LogP contribution < -0.4 is 10.6 Å². The normalized spacial score (nSPS) is 20.8. The van der Waals surface area contributed by atoms with Crippen molar-refractivity contribution in [3.63, 3.8) is 0 Å². The molecule has 1 fully saturated rings. The number of rotatable bonds is 2. The molecule has 1 aromatic rings. The maximum absolute atomic E-state index is 6.07. The van der Waals surface area contributed by atoms with Crippen LogP contribution in [0.2, 0.25) is 5.02 Å². The molecule has 0 radical (unpaired) electrons. The van der Waals surface area contributed by atoms with Crippen LogP contribution in [-0.4, -0.2) is 12.6 Å². The Morgan fingerprint density at radius 1 is 1.44 bits per heavy atom. The molecule has 1 atom stereocenters. The quantitative estimate of drug-likeness (QED) is 0.799. The van der Waals surface area contributed by atoms with Crippen LogP contribution in [-0.2, 0) is 0 Å². The van der Waals surface area contributed by atoms with Crippen LogP contribution >= 0.6 is 11.6 Å². The summed E-state index contributed by atoms with van der Waals surface area (Å²) in [6.45, 7) is 5.63. The van der Waals surface area contributed by atoms with Crippen molar-refractivity contribution in [1.82, 2.24) is 0 Å². The highest BCUT2D eigenvalue weighted by molar-refractivity contribution is 6.33. The zero-order valence-corrected chi connectivity index (χ0v) is 10.7. The summed E-state index contributed by atoms with van der Waals surface area (Å²) in [6.07, 6.45) is 2.50. The molecule has 1 aliphatic rings. The first kappa shape index (κ1) is 11.6. The SMILES string of the molecule is CC(C)C1CCCN1c1cccc(Cl)c1N. The molecule has 16 heavy (non-hydrogen) atoms. The number of nitrogens with two attached hydrogens (primary N) is 1. The number of anilines is 2. The van der Waals surface area contributed by atoms with E-state index in [9.17, 15) is 0 Å². The van der Waals surface area contributed by atoms with Gasteiger partial charge < -0.3 is 10.6 Å². The fourth-order valence-corrected chi connectivity index (χ4v) is 2.73. The summed E-state index contributed by atoms with van der Waals surface area (Å²) in [7, 11) is 0. The van der Waals surface area contributed by atoms with Crippen molar-refractivity contribution < 1.29 is 0 Å². The number of hydrogen-bond donors (Lipinski definition) is 1. The molecule has 2 nitrogen and oxygen atoms in total. The van der Waals surface area contributed by atoms with Crippen LogP contribution in [0.1, 0.15) is 26.7 Å². The van der Waals surface area contributed by atoms with Gasteiger partial charge in [-0.25, -0.2) is 0 Å². The molecule has 3 heteroatoms. The average molecular weight is 239 g/mol. The molecule has 0 aromatic heterocycles. The van der Waals surface area contributed by atoms with Gasteiger partial charge in [-0.1, -0.05) is 31.5 Å². The van der Waals surface area contributed by atoms with Crippen LogP contribution in [0.5, 0.6) is 0 Å². The van der Waals surface area contributed by atoms with E-state index in [1.807, 2.05) is 12.1 Å². The Balaban J connectivity index is 2.33. The lowest BCUT2D eigenvalue weighted by Crippen LogP contribution is -2.33. The van der Waals surface area contributed by atoms with Crippen LogP contribution in [0.4, 0.5) is 11.4 Å². The average Bonchev–Trinajstić information content (AvgIpc) is 2.70. The van der Waals surface area contributed by atoms with Crippen LogP contribution in [0.3, 0.4) is 0 Å². The Bertz CT molecular complexity index is 376. The molecule has 2 N–H and O–H groups in total. The van der Waals surface area contributed by atoms with Crippen LogP contribution in [0.25, 0.3) is 0 Å². The number of nitrogen functional groups attached to an aromatic ring is 1. The summed E-state index contributed by atoms with van der Waals surface area (Å²) in [5.41, 5.74) is 7.87. The third kappa shape index (κ3) is 1.99. The highest BCUT2D eigenvalue weighted by atomic mass is 35.5. The molecule has 1 heterocycles. The zero-order valence-electron chi connectivity index (χ0n) is 9.91. The molecule has 1 aliphatic heterocycles. The number of para-hydroxylation sites is 1. The van der Waals surface area contributed by atoms with Crippen LogP contribution in [0.15, 0.2) is 18.2 Å². The van der Waals surface area contributed by atoms with E-state index in [0.717, 1.165) is 17.9 Å². The molecule has 0 saturated carbocycles. The number of halogens is 1. The van der Waals surface area contributed by atoms with Gasteiger partial charge in [-0.05, 0) is 30.9 Å². The van der Waals surface area contributed by atoms with E-state index in [1.54, 1.807) is 0 Å². The smallest absolute Gasteiger partial charge is 0.0741 e. The van der Waals surface area contributed by atoms with Crippen molar-refractivity contribution >= 4 is 23.0 Å². The Hall–Kier alpha value is -0.890. The fourth-order valence-electron chi connectivity index (χ4n) is 2.56. The Morgan fingerprint density at radius 3 is 2.88 bits per heavy atom. The van der Waals surface area contributed by atoms with Crippen molar-refractivity contribution in [3.8, 4) is 0 Å². The van der Waals surface area contributed by atoms with Crippen molar-refractivity contribution in [2.75, 3.05) is 17.2 Å². The van der Waals surface area contributed by atoms with Gasteiger partial charge in [0.05, 0.1) is 16.4 Å². The highest BCUT2D eigenvalue weighted by Crippen LogP contribution is 2.36. The zero-order chi connectivity index (χ0) is 11.7. The molecule has 1 saturated heterocycles. The second-order valence-electron chi connectivity index (χ2n) is 4.82. The van der Waals surface area contributed by atoms with E-state index < -0.39 is 0 Å². The van der Waals surface area contributed by atoms with Crippen molar-refractivity contribution in [2.24, 2.45) is 5.92 Å². The third-order valence-corrected chi connectivity index (χ3v) is 3.74. The van der Waals surface area contributed by atoms with Crippen molar-refractivity contribution in [2.45, 2.75) is 32.7 Å². The Labute approximate surface area is 102 Å². The lowest BCUT2D eigenvalue weighted by atomic mass is 10.0. The van der Waals surface area contributed by atoms with E-state index in [2.05, 4.69) is 24.8 Å². The van der Waals surface area contributed by atoms with Gasteiger partial charge in [0.25, 0.3) is 0 Å². The van der Waals surface area contributed by atoms with E-state index in [1.165, 1.54) is 12.8 Å². The summed E-state index contributed by atoms with van der Waals surface area (Å²) in [4.78, 5) is 2.41. The largest absolute Gasteiger partial charge is 0.396 e. The molecule has 1 unspecified atom stereocenters. The monoisotopic (exact) mass is 238 g/mol. The van der Waals surface area contributed by atoms with E-state index in [4.69, 9.17) is 17.3 Å². The summed E-state index contributed by atoms with van der Waals surface area (Å²) in [6, 6.07) is 6.49. The highest BCUT2D eigenvalue weighted by Gasteiger charge is 2.28. The van der Waals surface area contributed by atoms with E-state index >= 15 is 0 Å². The first-order valence-electron chi connectivity index (χ1n) is 5.92. The Kier molecular flexibility index (Phi) is 3.29. The van der Waals surface area contributed by atoms with Crippen molar-refractivity contribution in [3.05, 3.63) is 23.2 Å². The van der Waals surface area contributed by atoms with Gasteiger partial charge in [0.1, 0.15) is 0 Å². The maximum atomic E-state index is 6.07. The van der Waals surface area contributed by atoms with Gasteiger partial charge in [0, 0.05) is 12.6 Å². The van der Waals surface area contributed by atoms with Gasteiger partial charge in [0.2, 0.25) is 0 Å². The molecule has 2 rings (SSSR count). The lowest BCUT2D eigenvalue weighted by Gasteiger charge is -2.30. The van der Waals surface area contributed by atoms with Gasteiger partial charge >= 0.3 is 0 Å². The minimum atomic E-state index is 0.598. The van der Waals surface area contributed by atoms with Crippen molar-refractivity contribution in [1.29, 1.82) is 0 Å². The maximum Gasteiger partial charge on any atom is 0.0741 e. The first-order valence-corrected chi connectivity index (χ1v) is 6.29. The minimum Gasteiger partial charge on any atom is -0.396 e. The summed E-state index contributed by atoms with van der Waals surface area (Å²) < 4.78 is 0. The molecule has 0 bridgehead atoms. The molecular formula is C13H19ClN2. The van der Waals surface area contributed by atoms with Gasteiger partial charge in [-0.2, -0.15) is 0 Å². The topological polar surface area (TPSA) is 29.3 Å². The van der Waals surface area contributed by atoms with Gasteiger partial charge in [-0.3, -0.25) is 0 Å². The molecule has 0 spiro atoms. The fraction of sp³-hybridized carbons (Fsp3) is 0.538. The number of nitrogens with zero attached hydrogens (tertiary/aromatic N) is 1. The molecule has 0 amide bonds. The summed E-state index contributed by atoms with van der Waals surface area (Å²) in [5.74, 6) is 0.654. The first-order chi connectivity index (χ1) is 7.61. The summed E-state index contributed by atoms with van der Waals surface area (Å²) >= 11 is 6.07. The number of benzene rings is 1. The third-order valence-electron chi connectivity index (χ3n) is 3.41. The summed E-state index contributed by atoms with van der Waals surface area (Å²) in [5, 5.41) is 0.659. The second-order valence-corrected chi connectivity index (χ2v) is 5.23. The second kappa shape index (κ2) is 4.54. The standard InChI is InChI=1S/C13H19ClN2/c1-9(2)11-7-4-8-16(11)12-6-3-5-10(14)13(12)15/h3,5-6,9,11H,4,7-8,15H2,1-2H3. The molecular weight excluding hydrogens is 220 g/mol. The van der Waals surface area contributed by atoms with Gasteiger partial charge in [-0.15, -0.1) is 0 Å². The Morgan fingerprint density at radius 2 is 2.19 bits per heavy atom.